The van der Waals surface area contributed by atoms with Crippen molar-refractivity contribution in [3.05, 3.63) is 0 Å². The molecule has 16 heavy (non-hydrogen) atoms. The second kappa shape index (κ2) is 3.97. The fourth-order valence-electron chi connectivity index (χ4n) is 2.63. The monoisotopic (exact) mass is 226 g/mol. The summed E-state index contributed by atoms with van der Waals surface area (Å²) in [4.78, 5) is 0. The first-order valence-electron chi connectivity index (χ1n) is 6.52. The van der Waals surface area contributed by atoms with Crippen molar-refractivity contribution in [3.8, 4) is 0 Å². The standard InChI is InChI=1S/C13H26N2O/c1-11(6-7-11)13(3,9-14)15-10-12(2)5-4-8-16-12/h15H,4-10,14H2,1-3H3. The zero-order chi connectivity index (χ0) is 11.9. The van der Waals surface area contributed by atoms with Crippen molar-refractivity contribution >= 4 is 0 Å². The van der Waals surface area contributed by atoms with Crippen LogP contribution in [0.15, 0.2) is 0 Å². The summed E-state index contributed by atoms with van der Waals surface area (Å²) in [6, 6.07) is 0. The molecule has 0 amide bonds. The molecule has 0 radical (unpaired) electrons. The molecule has 1 saturated heterocycles. The zero-order valence-corrected chi connectivity index (χ0v) is 10.9. The Morgan fingerprint density at radius 3 is 2.44 bits per heavy atom. The first-order valence-corrected chi connectivity index (χ1v) is 6.52. The van der Waals surface area contributed by atoms with Gasteiger partial charge in [-0.1, -0.05) is 6.92 Å². The normalized spacial score (nSPS) is 36.0. The van der Waals surface area contributed by atoms with E-state index in [1.54, 1.807) is 0 Å². The summed E-state index contributed by atoms with van der Waals surface area (Å²) in [5.41, 5.74) is 6.46. The number of hydrogen-bond acceptors (Lipinski definition) is 3. The first kappa shape index (κ1) is 12.3. The van der Waals surface area contributed by atoms with Crippen LogP contribution in [-0.2, 0) is 4.74 Å². The van der Waals surface area contributed by atoms with Crippen molar-refractivity contribution in [2.24, 2.45) is 11.1 Å². The van der Waals surface area contributed by atoms with Crippen LogP contribution in [0.1, 0.15) is 46.5 Å². The molecule has 1 saturated carbocycles. The Hall–Kier alpha value is -0.120. The minimum Gasteiger partial charge on any atom is -0.374 e. The smallest absolute Gasteiger partial charge is 0.0779 e. The van der Waals surface area contributed by atoms with Gasteiger partial charge in [0.1, 0.15) is 0 Å². The highest BCUT2D eigenvalue weighted by atomic mass is 16.5. The van der Waals surface area contributed by atoms with Gasteiger partial charge in [-0.05, 0) is 44.9 Å². The molecule has 0 aromatic rings. The van der Waals surface area contributed by atoms with Gasteiger partial charge < -0.3 is 15.8 Å². The fourth-order valence-corrected chi connectivity index (χ4v) is 2.63. The average Bonchev–Trinajstić information content (AvgIpc) is 2.87. The maximum Gasteiger partial charge on any atom is 0.0779 e. The second-order valence-corrected chi connectivity index (χ2v) is 6.35. The molecule has 2 fully saturated rings. The van der Waals surface area contributed by atoms with Crippen LogP contribution in [0.3, 0.4) is 0 Å². The quantitative estimate of drug-likeness (QED) is 0.749. The lowest BCUT2D eigenvalue weighted by Crippen LogP contribution is -2.58. The minimum absolute atomic E-state index is 0.0294. The minimum atomic E-state index is 0.0294. The van der Waals surface area contributed by atoms with E-state index in [1.807, 2.05) is 0 Å². The van der Waals surface area contributed by atoms with Gasteiger partial charge in [-0.2, -0.15) is 0 Å². The molecule has 0 spiro atoms. The summed E-state index contributed by atoms with van der Waals surface area (Å²) in [5.74, 6) is 0. The predicted molar refractivity (Wildman–Crippen MR) is 66.4 cm³/mol. The molecule has 2 atom stereocenters. The Morgan fingerprint density at radius 2 is 2.00 bits per heavy atom. The molecular weight excluding hydrogens is 200 g/mol. The largest absolute Gasteiger partial charge is 0.374 e. The van der Waals surface area contributed by atoms with E-state index in [9.17, 15) is 0 Å². The maximum absolute atomic E-state index is 5.96. The lowest BCUT2D eigenvalue weighted by atomic mass is 9.83. The van der Waals surface area contributed by atoms with Crippen LogP contribution in [0, 0.1) is 5.41 Å². The summed E-state index contributed by atoms with van der Waals surface area (Å²) < 4.78 is 5.81. The Kier molecular flexibility index (Phi) is 3.06. The van der Waals surface area contributed by atoms with E-state index in [4.69, 9.17) is 10.5 Å². The molecule has 3 N–H and O–H groups in total. The van der Waals surface area contributed by atoms with Crippen LogP contribution < -0.4 is 11.1 Å². The highest BCUT2D eigenvalue weighted by Crippen LogP contribution is 2.53. The highest BCUT2D eigenvalue weighted by Gasteiger charge is 2.52. The predicted octanol–water partition coefficient (Wildman–Crippen LogP) is 1.66. The third kappa shape index (κ3) is 2.13. The topological polar surface area (TPSA) is 47.3 Å². The van der Waals surface area contributed by atoms with Gasteiger partial charge in [-0.3, -0.25) is 0 Å². The van der Waals surface area contributed by atoms with Gasteiger partial charge >= 0.3 is 0 Å². The van der Waals surface area contributed by atoms with E-state index < -0.39 is 0 Å². The van der Waals surface area contributed by atoms with E-state index in [0.717, 1.165) is 19.6 Å². The van der Waals surface area contributed by atoms with Crippen LogP contribution in [0.5, 0.6) is 0 Å². The summed E-state index contributed by atoms with van der Waals surface area (Å²) >= 11 is 0. The van der Waals surface area contributed by atoms with Crippen molar-refractivity contribution in [2.75, 3.05) is 19.7 Å². The van der Waals surface area contributed by atoms with Gasteiger partial charge in [0.2, 0.25) is 0 Å². The Morgan fingerprint density at radius 1 is 1.31 bits per heavy atom. The number of hydrogen-bond donors (Lipinski definition) is 2. The summed E-state index contributed by atoms with van der Waals surface area (Å²) in [7, 11) is 0. The highest BCUT2D eigenvalue weighted by molar-refractivity contribution is 5.09. The van der Waals surface area contributed by atoms with Crippen molar-refractivity contribution in [2.45, 2.75) is 57.6 Å². The molecule has 1 aliphatic carbocycles. The molecule has 0 bridgehead atoms. The van der Waals surface area contributed by atoms with Crippen LogP contribution in [-0.4, -0.2) is 30.8 Å². The van der Waals surface area contributed by atoms with Gasteiger partial charge in [-0.15, -0.1) is 0 Å². The molecular formula is C13H26N2O. The summed E-state index contributed by atoms with van der Waals surface area (Å²) in [6.45, 7) is 9.35. The Labute approximate surface area is 99.1 Å². The van der Waals surface area contributed by atoms with Gasteiger partial charge in [0.25, 0.3) is 0 Å². The molecule has 2 unspecified atom stereocenters. The van der Waals surface area contributed by atoms with E-state index >= 15 is 0 Å². The van der Waals surface area contributed by atoms with E-state index in [2.05, 4.69) is 26.1 Å². The van der Waals surface area contributed by atoms with Crippen molar-refractivity contribution in [3.63, 3.8) is 0 Å². The van der Waals surface area contributed by atoms with Crippen LogP contribution in [0.4, 0.5) is 0 Å². The molecule has 3 nitrogen and oxygen atoms in total. The molecule has 94 valence electrons. The van der Waals surface area contributed by atoms with Crippen molar-refractivity contribution < 1.29 is 4.74 Å². The third-order valence-corrected chi connectivity index (χ3v) is 4.89. The SMILES string of the molecule is CC1(CNC(C)(CN)C2(C)CC2)CCCO1. The van der Waals surface area contributed by atoms with Gasteiger partial charge in [-0.25, -0.2) is 0 Å². The lowest BCUT2D eigenvalue weighted by Gasteiger charge is -2.39. The number of nitrogens with two attached hydrogens (primary N) is 1. The zero-order valence-electron chi connectivity index (χ0n) is 10.9. The Bertz CT molecular complexity index is 257. The van der Waals surface area contributed by atoms with Gasteiger partial charge in [0, 0.05) is 25.2 Å². The molecule has 2 rings (SSSR count). The molecule has 3 heteroatoms. The average molecular weight is 226 g/mol. The van der Waals surface area contributed by atoms with Gasteiger partial charge in [0.15, 0.2) is 0 Å². The van der Waals surface area contributed by atoms with E-state index in [0.29, 0.717) is 12.0 Å². The molecule has 1 heterocycles. The summed E-state index contributed by atoms with van der Waals surface area (Å²) in [5, 5.41) is 3.68. The second-order valence-electron chi connectivity index (χ2n) is 6.35. The fraction of sp³-hybridized carbons (Fsp3) is 1.00. The third-order valence-electron chi connectivity index (χ3n) is 4.89. The van der Waals surface area contributed by atoms with E-state index in [-0.39, 0.29) is 11.1 Å². The molecule has 0 aromatic heterocycles. The first-order chi connectivity index (χ1) is 7.43. The van der Waals surface area contributed by atoms with Crippen LogP contribution >= 0.6 is 0 Å². The Balaban J connectivity index is 1.92. The molecule has 2 aliphatic rings. The van der Waals surface area contributed by atoms with Crippen molar-refractivity contribution in [1.82, 2.24) is 5.32 Å². The molecule has 0 aromatic carbocycles. The molecule has 1 aliphatic heterocycles. The maximum atomic E-state index is 5.96. The lowest BCUT2D eigenvalue weighted by molar-refractivity contribution is 0.0112. The number of rotatable bonds is 5. The van der Waals surface area contributed by atoms with Crippen LogP contribution in [0.25, 0.3) is 0 Å². The number of ether oxygens (including phenoxy) is 1. The van der Waals surface area contributed by atoms with Gasteiger partial charge in [0.05, 0.1) is 5.60 Å². The van der Waals surface area contributed by atoms with Crippen LogP contribution in [0.2, 0.25) is 0 Å². The number of nitrogens with one attached hydrogen (secondary N) is 1. The van der Waals surface area contributed by atoms with E-state index in [1.165, 1.54) is 19.3 Å². The van der Waals surface area contributed by atoms with Crippen molar-refractivity contribution in [1.29, 1.82) is 0 Å². The summed E-state index contributed by atoms with van der Waals surface area (Å²) in [6.07, 6.45) is 4.95.